The van der Waals surface area contributed by atoms with Crippen molar-refractivity contribution in [3.8, 4) is 0 Å². The van der Waals surface area contributed by atoms with Crippen molar-refractivity contribution in [3.63, 3.8) is 0 Å². The van der Waals surface area contributed by atoms with Gasteiger partial charge >= 0.3 is 12.1 Å². The normalized spacial score (nSPS) is 12.1. The van der Waals surface area contributed by atoms with E-state index in [1.807, 2.05) is 32.8 Å². The van der Waals surface area contributed by atoms with Crippen LogP contribution in [0.5, 0.6) is 0 Å². The lowest BCUT2D eigenvalue weighted by atomic mass is 10.2. The van der Waals surface area contributed by atoms with E-state index in [9.17, 15) is 14.4 Å². The molecule has 0 aliphatic carbocycles. The van der Waals surface area contributed by atoms with Crippen molar-refractivity contribution in [2.24, 2.45) is 0 Å². The van der Waals surface area contributed by atoms with Crippen molar-refractivity contribution in [2.45, 2.75) is 59.2 Å². The molecule has 1 unspecified atom stereocenters. The molecule has 2 aromatic heterocycles. The van der Waals surface area contributed by atoms with Crippen LogP contribution < -0.4 is 16.0 Å². The first-order chi connectivity index (χ1) is 16.9. The maximum Gasteiger partial charge on any atom is 0.412 e. The number of urea groups is 1. The van der Waals surface area contributed by atoms with Gasteiger partial charge in [0.25, 0.3) is 5.91 Å². The van der Waals surface area contributed by atoms with E-state index in [1.54, 1.807) is 54.8 Å². The summed E-state index contributed by atoms with van der Waals surface area (Å²) in [5.74, 6) is -0.411. The van der Waals surface area contributed by atoms with Crippen LogP contribution in [-0.2, 0) is 11.3 Å². The fourth-order valence-electron chi connectivity index (χ4n) is 2.94. The molecule has 0 saturated carbocycles. The molecule has 11 heteroatoms. The van der Waals surface area contributed by atoms with Crippen LogP contribution >= 0.6 is 11.3 Å². The molecule has 0 aromatic carbocycles. The highest BCUT2D eigenvalue weighted by molar-refractivity contribution is 7.09. The predicted molar refractivity (Wildman–Crippen MR) is 144 cm³/mol. The van der Waals surface area contributed by atoms with E-state index >= 15 is 0 Å². The predicted octanol–water partition coefficient (Wildman–Crippen LogP) is 4.61. The Labute approximate surface area is 217 Å². The molecule has 0 saturated heterocycles. The molecule has 2 rings (SSSR count). The molecule has 10 nitrogen and oxygen atoms in total. The van der Waals surface area contributed by atoms with Gasteiger partial charge in [-0.3, -0.25) is 15.1 Å². The lowest BCUT2D eigenvalue weighted by Gasteiger charge is -2.26. The molecule has 0 fully saturated rings. The number of likely N-dealkylation sites (N-methyl/N-ethyl adjacent to an activating group) is 1. The minimum atomic E-state index is -0.633. The topological polar surface area (TPSA) is 116 Å². The van der Waals surface area contributed by atoms with Gasteiger partial charge in [0.15, 0.2) is 0 Å². The van der Waals surface area contributed by atoms with Gasteiger partial charge in [0, 0.05) is 42.6 Å². The van der Waals surface area contributed by atoms with E-state index in [0.29, 0.717) is 24.5 Å². The Bertz CT molecular complexity index is 1020. The van der Waals surface area contributed by atoms with E-state index < -0.39 is 17.6 Å². The molecule has 0 aliphatic heterocycles. The summed E-state index contributed by atoms with van der Waals surface area (Å²) < 4.78 is 5.27. The van der Waals surface area contributed by atoms with E-state index in [2.05, 4.69) is 20.9 Å². The van der Waals surface area contributed by atoms with Gasteiger partial charge in [-0.1, -0.05) is 13.0 Å². The monoisotopic (exact) mass is 518 g/mol. The second-order valence-electron chi connectivity index (χ2n) is 9.82. The molecule has 4 amide bonds. The number of hydrogen-bond acceptors (Lipinski definition) is 7. The highest BCUT2D eigenvalue weighted by Gasteiger charge is 2.19. The number of rotatable bonds is 10. The van der Waals surface area contributed by atoms with Gasteiger partial charge in [-0.15, -0.1) is 11.3 Å². The van der Waals surface area contributed by atoms with Gasteiger partial charge in [-0.25, -0.2) is 9.59 Å². The Hall–Kier alpha value is -3.18. The highest BCUT2D eigenvalue weighted by atomic mass is 32.1. The Balaban J connectivity index is 2.04. The molecule has 3 N–H and O–H groups in total. The van der Waals surface area contributed by atoms with Crippen LogP contribution in [0.3, 0.4) is 0 Å². The summed E-state index contributed by atoms with van der Waals surface area (Å²) >= 11 is 1.34. The van der Waals surface area contributed by atoms with Gasteiger partial charge in [-0.05, 0) is 59.8 Å². The summed E-state index contributed by atoms with van der Waals surface area (Å²) in [6.07, 6.45) is 1.84. The van der Waals surface area contributed by atoms with Crippen molar-refractivity contribution in [3.05, 3.63) is 40.3 Å². The number of thiophene rings is 1. The molecule has 0 spiro atoms. The van der Waals surface area contributed by atoms with Gasteiger partial charge in [0.2, 0.25) is 0 Å². The highest BCUT2D eigenvalue weighted by Crippen LogP contribution is 2.27. The Morgan fingerprint density at radius 3 is 2.31 bits per heavy atom. The third-order valence-electron chi connectivity index (χ3n) is 5.06. The van der Waals surface area contributed by atoms with Crippen LogP contribution in [0.25, 0.3) is 0 Å². The van der Waals surface area contributed by atoms with Gasteiger partial charge in [0.05, 0.1) is 11.4 Å². The lowest BCUT2D eigenvalue weighted by Crippen LogP contribution is -2.45. The summed E-state index contributed by atoms with van der Waals surface area (Å²) in [6.45, 7) is 11.0. The number of aromatic nitrogens is 1. The van der Waals surface area contributed by atoms with Crippen LogP contribution in [0.15, 0.2) is 29.1 Å². The van der Waals surface area contributed by atoms with Crippen molar-refractivity contribution >= 4 is 40.7 Å². The van der Waals surface area contributed by atoms with Gasteiger partial charge in [-0.2, -0.15) is 0 Å². The first-order valence-corrected chi connectivity index (χ1v) is 12.8. The number of amides is 4. The zero-order valence-electron chi connectivity index (χ0n) is 22.2. The van der Waals surface area contributed by atoms with Gasteiger partial charge < -0.3 is 25.2 Å². The minimum Gasteiger partial charge on any atom is -0.444 e. The second-order valence-corrected chi connectivity index (χ2v) is 10.6. The number of anilines is 2. The van der Waals surface area contributed by atoms with Crippen LogP contribution in [0, 0.1) is 0 Å². The first kappa shape index (κ1) is 29.1. The SMILES string of the molecule is CCC(C)NC(=O)N(CCN(C)C)Cc1ccc(C(=O)Nc2cscc2NC(=O)OC(C)(C)C)nc1. The van der Waals surface area contributed by atoms with Crippen LogP contribution in [0.4, 0.5) is 21.0 Å². The number of pyridine rings is 1. The maximum absolute atomic E-state index is 12.8. The quantitative estimate of drug-likeness (QED) is 0.423. The number of carbonyl (C=O) groups is 3. The van der Waals surface area contributed by atoms with Crippen molar-refractivity contribution in [2.75, 3.05) is 37.8 Å². The van der Waals surface area contributed by atoms with Crippen LogP contribution in [0.1, 0.15) is 57.1 Å². The number of carbonyl (C=O) groups excluding carboxylic acids is 3. The zero-order valence-corrected chi connectivity index (χ0v) is 23.0. The average molecular weight is 519 g/mol. The minimum absolute atomic E-state index is 0.0790. The molecule has 2 aromatic rings. The number of ether oxygens (including phenoxy) is 1. The maximum atomic E-state index is 12.8. The zero-order chi connectivity index (χ0) is 26.9. The Kier molecular flexibility index (Phi) is 10.7. The summed E-state index contributed by atoms with van der Waals surface area (Å²) in [4.78, 5) is 45.6. The Morgan fingerprint density at radius 1 is 1.08 bits per heavy atom. The molecule has 2 heterocycles. The summed E-state index contributed by atoms with van der Waals surface area (Å²) in [5, 5.41) is 11.9. The average Bonchev–Trinajstić information content (AvgIpc) is 3.21. The van der Waals surface area contributed by atoms with Crippen molar-refractivity contribution in [1.29, 1.82) is 0 Å². The summed E-state index contributed by atoms with van der Waals surface area (Å²) in [6, 6.07) is 3.36. The van der Waals surface area contributed by atoms with Crippen LogP contribution in [-0.4, -0.2) is 71.6 Å². The van der Waals surface area contributed by atoms with E-state index in [-0.39, 0.29) is 17.8 Å². The lowest BCUT2D eigenvalue weighted by molar-refractivity contribution is 0.0635. The molecule has 0 bridgehead atoms. The molecular weight excluding hydrogens is 480 g/mol. The molecule has 0 aliphatic rings. The van der Waals surface area contributed by atoms with Crippen molar-refractivity contribution in [1.82, 2.24) is 20.1 Å². The fraction of sp³-hybridized carbons (Fsp3) is 0.520. The Morgan fingerprint density at radius 2 is 1.75 bits per heavy atom. The summed E-state index contributed by atoms with van der Waals surface area (Å²) in [7, 11) is 3.92. The molecule has 198 valence electrons. The largest absolute Gasteiger partial charge is 0.444 e. The third kappa shape index (κ3) is 9.82. The smallest absolute Gasteiger partial charge is 0.412 e. The molecule has 1 atom stereocenters. The molecule has 36 heavy (non-hydrogen) atoms. The van der Waals surface area contributed by atoms with E-state index in [1.165, 1.54) is 11.3 Å². The van der Waals surface area contributed by atoms with Gasteiger partial charge in [0.1, 0.15) is 11.3 Å². The standard InChI is InChI=1S/C25H38N6O4S/c1-8-17(2)27-23(33)31(12-11-30(6)7)14-18-9-10-19(26-13-18)22(32)28-20-15-36-16-21(20)29-24(34)35-25(3,4)5/h9-10,13,15-17H,8,11-12,14H2,1-7H3,(H,27,33)(H,28,32)(H,29,34). The number of nitrogens with one attached hydrogen (secondary N) is 3. The van der Waals surface area contributed by atoms with Crippen molar-refractivity contribution < 1.29 is 19.1 Å². The second kappa shape index (κ2) is 13.2. The summed E-state index contributed by atoms with van der Waals surface area (Å²) in [5.41, 5.74) is 1.30. The van der Waals surface area contributed by atoms with E-state index in [4.69, 9.17) is 4.74 Å². The third-order valence-corrected chi connectivity index (χ3v) is 5.81. The number of nitrogens with zero attached hydrogens (tertiary/aromatic N) is 3. The fourth-order valence-corrected chi connectivity index (χ4v) is 3.65. The number of hydrogen-bond donors (Lipinski definition) is 3. The molecular formula is C25H38N6O4S. The van der Waals surface area contributed by atoms with Crippen LogP contribution in [0.2, 0.25) is 0 Å². The molecule has 0 radical (unpaired) electrons. The van der Waals surface area contributed by atoms with E-state index in [0.717, 1.165) is 18.5 Å². The first-order valence-electron chi connectivity index (χ1n) is 11.9.